The summed E-state index contributed by atoms with van der Waals surface area (Å²) in [4.78, 5) is 12.0. The number of ether oxygens (including phenoxy) is 2. The number of hydrogen-bond donors (Lipinski definition) is 1. The maximum Gasteiger partial charge on any atom is 0.313 e. The summed E-state index contributed by atoms with van der Waals surface area (Å²) in [5, 5.41) is 0. The number of carbonyl (C=O) groups is 1. The van der Waals surface area contributed by atoms with Gasteiger partial charge in [-0.1, -0.05) is 6.92 Å². The Hall–Kier alpha value is -0.610. The van der Waals surface area contributed by atoms with Crippen molar-refractivity contribution >= 4 is 5.97 Å². The lowest BCUT2D eigenvalue weighted by Crippen LogP contribution is -2.42. The van der Waals surface area contributed by atoms with Gasteiger partial charge < -0.3 is 15.2 Å². The van der Waals surface area contributed by atoms with Crippen molar-refractivity contribution in [2.24, 2.45) is 11.1 Å². The van der Waals surface area contributed by atoms with E-state index in [0.29, 0.717) is 32.1 Å². The van der Waals surface area contributed by atoms with Gasteiger partial charge in [-0.15, -0.1) is 0 Å². The molecule has 0 amide bonds. The van der Waals surface area contributed by atoms with Crippen LogP contribution >= 0.6 is 0 Å². The molecule has 0 radical (unpaired) electrons. The quantitative estimate of drug-likeness (QED) is 0.723. The Morgan fingerprint density at radius 1 is 1.47 bits per heavy atom. The van der Waals surface area contributed by atoms with Crippen molar-refractivity contribution < 1.29 is 14.3 Å². The van der Waals surface area contributed by atoms with Crippen LogP contribution in [0.15, 0.2) is 0 Å². The minimum atomic E-state index is -0.565. The molecule has 0 aliphatic carbocycles. The van der Waals surface area contributed by atoms with Crippen molar-refractivity contribution in [3.05, 3.63) is 0 Å². The number of rotatable bonds is 6. The van der Waals surface area contributed by atoms with Crippen LogP contribution in [0.1, 0.15) is 46.5 Å². The molecule has 1 aliphatic heterocycles. The summed E-state index contributed by atoms with van der Waals surface area (Å²) < 4.78 is 10.9. The fraction of sp³-hybridized carbons (Fsp3) is 0.923. The molecular weight excluding hydrogens is 218 g/mol. The van der Waals surface area contributed by atoms with E-state index in [4.69, 9.17) is 15.2 Å². The molecule has 0 aromatic heterocycles. The van der Waals surface area contributed by atoms with Crippen molar-refractivity contribution in [2.75, 3.05) is 13.2 Å². The topological polar surface area (TPSA) is 61.5 Å². The summed E-state index contributed by atoms with van der Waals surface area (Å²) in [6.07, 6.45) is 3.92. The van der Waals surface area contributed by atoms with Crippen LogP contribution in [0.2, 0.25) is 0 Å². The molecule has 4 heteroatoms. The molecule has 1 aliphatic rings. The van der Waals surface area contributed by atoms with Crippen molar-refractivity contribution in [2.45, 2.75) is 58.7 Å². The molecule has 0 aromatic rings. The minimum Gasteiger partial charge on any atom is -0.466 e. The second-order valence-corrected chi connectivity index (χ2v) is 4.91. The molecule has 0 bridgehead atoms. The van der Waals surface area contributed by atoms with Gasteiger partial charge in [0.1, 0.15) is 0 Å². The highest BCUT2D eigenvalue weighted by Gasteiger charge is 2.40. The van der Waals surface area contributed by atoms with E-state index >= 15 is 0 Å². The predicted molar refractivity (Wildman–Crippen MR) is 66.6 cm³/mol. The lowest BCUT2D eigenvalue weighted by Gasteiger charge is -2.31. The van der Waals surface area contributed by atoms with Gasteiger partial charge in [-0.2, -0.15) is 0 Å². The highest BCUT2D eigenvalue weighted by Crippen LogP contribution is 2.34. The van der Waals surface area contributed by atoms with Crippen LogP contribution < -0.4 is 5.73 Å². The maximum absolute atomic E-state index is 12.0. The molecule has 1 fully saturated rings. The van der Waals surface area contributed by atoms with Crippen LogP contribution in [0, 0.1) is 5.41 Å². The SMILES string of the molecule is CCOC(=O)C(CC)(CN)CC1CCC(C)O1. The van der Waals surface area contributed by atoms with Gasteiger partial charge in [0.2, 0.25) is 0 Å². The molecule has 0 aromatic carbocycles. The molecule has 4 nitrogen and oxygen atoms in total. The first-order valence-corrected chi connectivity index (χ1v) is 6.60. The third kappa shape index (κ3) is 3.42. The lowest BCUT2D eigenvalue weighted by molar-refractivity contribution is -0.157. The van der Waals surface area contributed by atoms with E-state index in [0.717, 1.165) is 12.8 Å². The Morgan fingerprint density at radius 2 is 2.18 bits per heavy atom. The van der Waals surface area contributed by atoms with Gasteiger partial charge in [0.25, 0.3) is 0 Å². The van der Waals surface area contributed by atoms with E-state index < -0.39 is 5.41 Å². The van der Waals surface area contributed by atoms with Crippen LogP contribution in [-0.4, -0.2) is 31.3 Å². The Morgan fingerprint density at radius 3 is 2.59 bits per heavy atom. The van der Waals surface area contributed by atoms with Gasteiger partial charge in [-0.05, 0) is 39.5 Å². The summed E-state index contributed by atoms with van der Waals surface area (Å²) in [6.45, 7) is 6.62. The average Bonchev–Trinajstić information content (AvgIpc) is 2.72. The first kappa shape index (κ1) is 14.5. The third-order valence-corrected chi connectivity index (χ3v) is 3.71. The fourth-order valence-electron chi connectivity index (χ4n) is 2.44. The van der Waals surface area contributed by atoms with Crippen LogP contribution in [0.25, 0.3) is 0 Å². The highest BCUT2D eigenvalue weighted by molar-refractivity contribution is 5.77. The zero-order chi connectivity index (χ0) is 12.9. The van der Waals surface area contributed by atoms with Gasteiger partial charge in [-0.3, -0.25) is 4.79 Å². The monoisotopic (exact) mass is 243 g/mol. The summed E-state index contributed by atoms with van der Waals surface area (Å²) in [5.74, 6) is -0.173. The zero-order valence-electron chi connectivity index (χ0n) is 11.2. The van der Waals surface area contributed by atoms with Gasteiger partial charge in [-0.25, -0.2) is 0 Å². The van der Waals surface area contributed by atoms with E-state index in [1.54, 1.807) is 0 Å². The summed E-state index contributed by atoms with van der Waals surface area (Å²) in [5.41, 5.74) is 5.24. The van der Waals surface area contributed by atoms with E-state index in [9.17, 15) is 4.79 Å². The first-order chi connectivity index (χ1) is 8.07. The van der Waals surface area contributed by atoms with E-state index in [-0.39, 0.29) is 12.1 Å². The van der Waals surface area contributed by atoms with Crippen molar-refractivity contribution in [3.8, 4) is 0 Å². The normalized spacial score (nSPS) is 27.8. The maximum atomic E-state index is 12.0. The molecule has 0 saturated carbocycles. The molecule has 3 atom stereocenters. The van der Waals surface area contributed by atoms with Crippen molar-refractivity contribution in [1.29, 1.82) is 0 Å². The second kappa shape index (κ2) is 6.36. The second-order valence-electron chi connectivity index (χ2n) is 4.91. The Balaban J connectivity index is 2.66. The summed E-state index contributed by atoms with van der Waals surface area (Å²) >= 11 is 0. The number of carbonyl (C=O) groups excluding carboxylic acids is 1. The van der Waals surface area contributed by atoms with E-state index in [1.165, 1.54) is 0 Å². The number of hydrogen-bond acceptors (Lipinski definition) is 4. The molecule has 1 saturated heterocycles. The van der Waals surface area contributed by atoms with Crippen LogP contribution in [-0.2, 0) is 14.3 Å². The Kier molecular flexibility index (Phi) is 5.40. The fourth-order valence-corrected chi connectivity index (χ4v) is 2.44. The van der Waals surface area contributed by atoms with E-state index in [1.807, 2.05) is 13.8 Å². The smallest absolute Gasteiger partial charge is 0.313 e. The Bertz CT molecular complexity index is 251. The van der Waals surface area contributed by atoms with Gasteiger partial charge in [0, 0.05) is 6.54 Å². The average molecular weight is 243 g/mol. The largest absolute Gasteiger partial charge is 0.466 e. The molecule has 100 valence electrons. The van der Waals surface area contributed by atoms with Crippen molar-refractivity contribution in [1.82, 2.24) is 0 Å². The van der Waals surface area contributed by atoms with Crippen LogP contribution in [0.4, 0.5) is 0 Å². The number of esters is 1. The molecule has 1 rings (SSSR count). The molecule has 17 heavy (non-hydrogen) atoms. The Labute approximate surface area is 104 Å². The molecule has 0 spiro atoms. The minimum absolute atomic E-state index is 0.151. The summed E-state index contributed by atoms with van der Waals surface area (Å²) in [7, 11) is 0. The lowest BCUT2D eigenvalue weighted by atomic mass is 9.79. The molecule has 3 unspecified atom stereocenters. The summed E-state index contributed by atoms with van der Waals surface area (Å²) in [6, 6.07) is 0. The van der Waals surface area contributed by atoms with E-state index in [2.05, 4.69) is 6.92 Å². The van der Waals surface area contributed by atoms with Gasteiger partial charge >= 0.3 is 5.97 Å². The molecular formula is C13H25NO3. The van der Waals surface area contributed by atoms with Gasteiger partial charge in [0.15, 0.2) is 0 Å². The molecule has 1 heterocycles. The predicted octanol–water partition coefficient (Wildman–Crippen LogP) is 1.86. The third-order valence-electron chi connectivity index (χ3n) is 3.71. The van der Waals surface area contributed by atoms with Crippen LogP contribution in [0.3, 0.4) is 0 Å². The van der Waals surface area contributed by atoms with Crippen LogP contribution in [0.5, 0.6) is 0 Å². The first-order valence-electron chi connectivity index (χ1n) is 6.60. The standard InChI is InChI=1S/C13H25NO3/c1-4-13(9-14,12(15)16-5-2)8-11-7-6-10(3)17-11/h10-11H,4-9,14H2,1-3H3. The number of nitrogens with two attached hydrogens (primary N) is 1. The van der Waals surface area contributed by atoms with Gasteiger partial charge in [0.05, 0.1) is 24.2 Å². The highest BCUT2D eigenvalue weighted by atomic mass is 16.5. The molecule has 2 N–H and O–H groups in total. The van der Waals surface area contributed by atoms with Crippen molar-refractivity contribution in [3.63, 3.8) is 0 Å². The zero-order valence-corrected chi connectivity index (χ0v) is 11.2.